The van der Waals surface area contributed by atoms with E-state index >= 15 is 0 Å². The van der Waals surface area contributed by atoms with Crippen molar-refractivity contribution < 1.29 is 4.39 Å². The molecule has 16 heavy (non-hydrogen) atoms. The Morgan fingerprint density at radius 3 is 2.25 bits per heavy atom. The van der Waals surface area contributed by atoms with Crippen LogP contribution >= 0.6 is 11.3 Å². The van der Waals surface area contributed by atoms with Crippen LogP contribution in [0.4, 0.5) is 4.39 Å². The van der Waals surface area contributed by atoms with E-state index in [1.165, 1.54) is 38.5 Å². The number of rotatable bonds is 8. The third kappa shape index (κ3) is 4.65. The summed E-state index contributed by atoms with van der Waals surface area (Å²) in [5, 5.41) is 1.86. The first-order valence-electron chi connectivity index (χ1n) is 6.49. The zero-order valence-electron chi connectivity index (χ0n) is 10.5. The van der Waals surface area contributed by atoms with Crippen molar-refractivity contribution in [3.05, 3.63) is 22.1 Å². The molecule has 0 spiro atoms. The van der Waals surface area contributed by atoms with Gasteiger partial charge in [0.2, 0.25) is 0 Å². The summed E-state index contributed by atoms with van der Waals surface area (Å²) in [6.07, 6.45) is 8.51. The minimum atomic E-state index is 0.00277. The molecule has 1 heterocycles. The van der Waals surface area contributed by atoms with Crippen LogP contribution in [0.25, 0.3) is 0 Å². The van der Waals surface area contributed by atoms with Gasteiger partial charge in [-0.05, 0) is 23.8 Å². The average Bonchev–Trinajstić information content (AvgIpc) is 2.68. The second-order valence-corrected chi connectivity index (χ2v) is 5.55. The molecule has 0 unspecified atom stereocenters. The van der Waals surface area contributed by atoms with Gasteiger partial charge in [-0.3, -0.25) is 0 Å². The molecule has 0 amide bonds. The Kier molecular flexibility index (Phi) is 6.70. The molecule has 0 aliphatic rings. The zero-order valence-corrected chi connectivity index (χ0v) is 11.3. The topological polar surface area (TPSA) is 0 Å². The summed E-state index contributed by atoms with van der Waals surface area (Å²) in [5.41, 5.74) is 0. The summed E-state index contributed by atoms with van der Waals surface area (Å²) < 4.78 is 13.4. The fraction of sp³-hybridized carbons (Fsp3) is 0.714. The van der Waals surface area contributed by atoms with Gasteiger partial charge >= 0.3 is 0 Å². The van der Waals surface area contributed by atoms with E-state index in [-0.39, 0.29) is 5.82 Å². The van der Waals surface area contributed by atoms with Gasteiger partial charge in [0, 0.05) is 4.88 Å². The zero-order chi connectivity index (χ0) is 11.8. The molecule has 2 heteroatoms. The Morgan fingerprint density at radius 2 is 1.81 bits per heavy atom. The fourth-order valence-electron chi connectivity index (χ4n) is 2.07. The standard InChI is InChI=1S/C14H23FS/c1-3-5-7-12(8-6-4-2)11-14-13(15)9-10-16-14/h9-10,12H,3-8,11H2,1-2H3. The van der Waals surface area contributed by atoms with Crippen molar-refractivity contribution in [3.8, 4) is 0 Å². The summed E-state index contributed by atoms with van der Waals surface area (Å²) >= 11 is 1.57. The van der Waals surface area contributed by atoms with Crippen molar-refractivity contribution in [3.63, 3.8) is 0 Å². The smallest absolute Gasteiger partial charge is 0.137 e. The van der Waals surface area contributed by atoms with Crippen LogP contribution in [-0.4, -0.2) is 0 Å². The number of unbranched alkanes of at least 4 members (excludes halogenated alkanes) is 2. The van der Waals surface area contributed by atoms with Crippen molar-refractivity contribution in [2.24, 2.45) is 5.92 Å². The summed E-state index contributed by atoms with van der Waals surface area (Å²) in [6.45, 7) is 4.45. The monoisotopic (exact) mass is 242 g/mol. The molecule has 0 atom stereocenters. The molecule has 1 rings (SSSR count). The molecule has 0 fully saturated rings. The Balaban J connectivity index is 2.45. The summed E-state index contributed by atoms with van der Waals surface area (Å²) in [4.78, 5) is 0.956. The lowest BCUT2D eigenvalue weighted by Gasteiger charge is -2.15. The highest BCUT2D eigenvalue weighted by atomic mass is 32.1. The van der Waals surface area contributed by atoms with Crippen LogP contribution in [0.3, 0.4) is 0 Å². The Morgan fingerprint density at radius 1 is 1.19 bits per heavy atom. The van der Waals surface area contributed by atoms with Crippen LogP contribution < -0.4 is 0 Å². The maximum Gasteiger partial charge on any atom is 0.137 e. The maximum absolute atomic E-state index is 13.4. The molecule has 0 saturated heterocycles. The average molecular weight is 242 g/mol. The first-order chi connectivity index (χ1) is 7.77. The van der Waals surface area contributed by atoms with Gasteiger partial charge < -0.3 is 0 Å². The molecule has 0 aliphatic heterocycles. The Hall–Kier alpha value is -0.370. The molecule has 1 aromatic heterocycles. The van der Waals surface area contributed by atoms with Crippen molar-refractivity contribution >= 4 is 11.3 Å². The van der Waals surface area contributed by atoms with E-state index in [1.54, 1.807) is 17.4 Å². The van der Waals surface area contributed by atoms with E-state index in [0.29, 0.717) is 5.92 Å². The molecule has 92 valence electrons. The quantitative estimate of drug-likeness (QED) is 0.570. The predicted molar refractivity (Wildman–Crippen MR) is 70.5 cm³/mol. The highest BCUT2D eigenvalue weighted by Crippen LogP contribution is 2.25. The van der Waals surface area contributed by atoms with Crippen molar-refractivity contribution in [2.45, 2.75) is 58.8 Å². The molecular weight excluding hydrogens is 219 g/mol. The van der Waals surface area contributed by atoms with Gasteiger partial charge in [-0.15, -0.1) is 11.3 Å². The largest absolute Gasteiger partial charge is 0.206 e. The lowest BCUT2D eigenvalue weighted by Crippen LogP contribution is -2.04. The molecule has 1 aromatic rings. The third-order valence-corrected chi connectivity index (χ3v) is 4.02. The molecule has 0 aliphatic carbocycles. The van der Waals surface area contributed by atoms with Gasteiger partial charge in [0.25, 0.3) is 0 Å². The van der Waals surface area contributed by atoms with E-state index in [9.17, 15) is 4.39 Å². The fourth-order valence-corrected chi connectivity index (χ4v) is 2.93. The van der Waals surface area contributed by atoms with Gasteiger partial charge in [-0.2, -0.15) is 0 Å². The van der Waals surface area contributed by atoms with Crippen molar-refractivity contribution in [1.29, 1.82) is 0 Å². The lowest BCUT2D eigenvalue weighted by molar-refractivity contribution is 0.414. The molecule has 0 bridgehead atoms. The Labute approximate surface area is 103 Å². The van der Waals surface area contributed by atoms with Crippen LogP contribution in [0, 0.1) is 11.7 Å². The summed E-state index contributed by atoms with van der Waals surface area (Å²) in [6, 6.07) is 1.59. The van der Waals surface area contributed by atoms with Crippen molar-refractivity contribution in [2.75, 3.05) is 0 Å². The third-order valence-electron chi connectivity index (χ3n) is 3.10. The lowest BCUT2D eigenvalue weighted by atomic mass is 9.92. The molecule has 0 aromatic carbocycles. The summed E-state index contributed by atoms with van der Waals surface area (Å²) in [7, 11) is 0. The molecule has 0 nitrogen and oxygen atoms in total. The second-order valence-electron chi connectivity index (χ2n) is 4.55. The van der Waals surface area contributed by atoms with E-state index in [2.05, 4.69) is 13.8 Å². The van der Waals surface area contributed by atoms with Crippen molar-refractivity contribution in [1.82, 2.24) is 0 Å². The van der Waals surface area contributed by atoms with E-state index < -0.39 is 0 Å². The molecular formula is C14H23FS. The van der Waals surface area contributed by atoms with Gasteiger partial charge in [-0.1, -0.05) is 52.4 Å². The van der Waals surface area contributed by atoms with Crippen LogP contribution in [0.5, 0.6) is 0 Å². The van der Waals surface area contributed by atoms with Gasteiger partial charge in [0.05, 0.1) is 0 Å². The van der Waals surface area contributed by atoms with E-state index in [0.717, 1.165) is 11.3 Å². The Bertz CT molecular complexity index is 272. The first kappa shape index (κ1) is 13.7. The minimum Gasteiger partial charge on any atom is -0.206 e. The number of hydrogen-bond donors (Lipinski definition) is 0. The number of thiophene rings is 1. The van der Waals surface area contributed by atoms with Gasteiger partial charge in [0.15, 0.2) is 0 Å². The minimum absolute atomic E-state index is 0.00277. The first-order valence-corrected chi connectivity index (χ1v) is 7.37. The molecule has 0 N–H and O–H groups in total. The summed E-state index contributed by atoms with van der Waals surface area (Å²) in [5.74, 6) is 0.691. The number of halogens is 1. The predicted octanol–water partition coefficient (Wildman–Crippen LogP) is 5.43. The van der Waals surface area contributed by atoms with Gasteiger partial charge in [0.1, 0.15) is 5.82 Å². The van der Waals surface area contributed by atoms with Crippen LogP contribution in [-0.2, 0) is 6.42 Å². The van der Waals surface area contributed by atoms with Crippen LogP contribution in [0.15, 0.2) is 11.4 Å². The maximum atomic E-state index is 13.4. The van der Waals surface area contributed by atoms with E-state index in [1.807, 2.05) is 5.38 Å². The van der Waals surface area contributed by atoms with E-state index in [4.69, 9.17) is 0 Å². The molecule has 0 radical (unpaired) electrons. The highest BCUT2D eigenvalue weighted by Gasteiger charge is 2.12. The number of hydrogen-bond acceptors (Lipinski definition) is 1. The normalized spacial score (nSPS) is 11.2. The van der Waals surface area contributed by atoms with Gasteiger partial charge in [-0.25, -0.2) is 4.39 Å². The highest BCUT2D eigenvalue weighted by molar-refractivity contribution is 7.09. The SMILES string of the molecule is CCCCC(CCCC)Cc1sccc1F. The van der Waals surface area contributed by atoms with Crippen LogP contribution in [0.2, 0.25) is 0 Å². The molecule has 0 saturated carbocycles. The second kappa shape index (κ2) is 7.83. The van der Waals surface area contributed by atoms with Crippen LogP contribution in [0.1, 0.15) is 57.2 Å².